The van der Waals surface area contributed by atoms with E-state index in [1.807, 2.05) is 0 Å². The highest BCUT2D eigenvalue weighted by atomic mass is 79.9. The van der Waals surface area contributed by atoms with E-state index >= 15 is 0 Å². The minimum Gasteiger partial charge on any atom is -0.314 e. The zero-order chi connectivity index (χ0) is 13.1. The molecule has 3 rings (SSSR count). The van der Waals surface area contributed by atoms with Crippen LogP contribution in [-0.4, -0.2) is 24.1 Å². The van der Waals surface area contributed by atoms with Crippen molar-refractivity contribution in [2.75, 3.05) is 18.1 Å². The molecule has 1 aromatic rings. The summed E-state index contributed by atoms with van der Waals surface area (Å²) >= 11 is 5.90. The largest absolute Gasteiger partial charge is 0.314 e. The summed E-state index contributed by atoms with van der Waals surface area (Å²) in [4.78, 5) is 0. The van der Waals surface area contributed by atoms with Crippen LogP contribution in [0.25, 0.3) is 0 Å². The van der Waals surface area contributed by atoms with Crippen molar-refractivity contribution in [2.45, 2.75) is 44.1 Å². The number of rotatable bonds is 3. The lowest BCUT2D eigenvalue weighted by Crippen LogP contribution is -2.23. The molecule has 0 aromatic heterocycles. The summed E-state index contributed by atoms with van der Waals surface area (Å²) in [5.74, 6) is 3.42. The predicted molar refractivity (Wildman–Crippen MR) is 88.2 cm³/mol. The lowest BCUT2D eigenvalue weighted by Gasteiger charge is -2.23. The van der Waals surface area contributed by atoms with Crippen LogP contribution >= 0.6 is 27.7 Å². The van der Waals surface area contributed by atoms with Gasteiger partial charge in [-0.15, -0.1) is 0 Å². The van der Waals surface area contributed by atoms with Gasteiger partial charge in [-0.3, -0.25) is 0 Å². The number of nitrogens with one attached hydrogen (secondary N) is 1. The lowest BCUT2D eigenvalue weighted by molar-refractivity contribution is 0.601. The minimum absolute atomic E-state index is 0.698. The Hall–Kier alpha value is 0.01000. The Bertz CT molecular complexity index is 423. The Morgan fingerprint density at radius 2 is 2.05 bits per heavy atom. The Kier molecular flexibility index (Phi) is 4.88. The number of thioether (sulfide) groups is 1. The molecule has 2 saturated heterocycles. The molecule has 0 bridgehead atoms. The molecule has 104 valence electrons. The fourth-order valence-electron chi connectivity index (χ4n) is 3.25. The van der Waals surface area contributed by atoms with Gasteiger partial charge in [-0.2, -0.15) is 11.8 Å². The van der Waals surface area contributed by atoms with Crippen LogP contribution in [0.1, 0.15) is 42.7 Å². The highest BCUT2D eigenvalue weighted by molar-refractivity contribution is 9.10. The molecule has 0 aliphatic carbocycles. The Morgan fingerprint density at radius 3 is 2.74 bits per heavy atom. The molecule has 2 heterocycles. The molecule has 0 amide bonds. The van der Waals surface area contributed by atoms with Gasteiger partial charge in [0.1, 0.15) is 0 Å². The normalized spacial score (nSPS) is 24.8. The van der Waals surface area contributed by atoms with E-state index in [-0.39, 0.29) is 0 Å². The van der Waals surface area contributed by atoms with Crippen LogP contribution in [0.3, 0.4) is 0 Å². The van der Waals surface area contributed by atoms with Crippen molar-refractivity contribution in [2.24, 2.45) is 0 Å². The van der Waals surface area contributed by atoms with Gasteiger partial charge in [0.25, 0.3) is 0 Å². The van der Waals surface area contributed by atoms with Gasteiger partial charge in [-0.25, -0.2) is 0 Å². The second-order valence-electron chi connectivity index (χ2n) is 5.74. The van der Waals surface area contributed by atoms with Gasteiger partial charge in [0, 0.05) is 10.5 Å². The average molecular weight is 340 g/mol. The maximum Gasteiger partial charge on any atom is 0.0212 e. The van der Waals surface area contributed by atoms with Crippen molar-refractivity contribution < 1.29 is 0 Å². The summed E-state index contributed by atoms with van der Waals surface area (Å²) < 4.78 is 1.33. The van der Waals surface area contributed by atoms with Crippen LogP contribution in [0.15, 0.2) is 22.7 Å². The zero-order valence-electron chi connectivity index (χ0n) is 11.3. The van der Waals surface area contributed by atoms with Crippen LogP contribution in [0, 0.1) is 0 Å². The molecule has 1 aromatic carbocycles. The van der Waals surface area contributed by atoms with Gasteiger partial charge in [-0.1, -0.05) is 28.1 Å². The van der Waals surface area contributed by atoms with Crippen molar-refractivity contribution in [3.8, 4) is 0 Å². The van der Waals surface area contributed by atoms with Gasteiger partial charge in [0.2, 0.25) is 0 Å². The number of halogens is 1. The molecule has 2 fully saturated rings. The van der Waals surface area contributed by atoms with Crippen molar-refractivity contribution in [3.63, 3.8) is 0 Å². The third-order valence-electron chi connectivity index (χ3n) is 4.37. The highest BCUT2D eigenvalue weighted by Gasteiger charge is 2.19. The third-order valence-corrected chi connectivity index (χ3v) is 6.11. The summed E-state index contributed by atoms with van der Waals surface area (Å²) in [7, 11) is 0. The third kappa shape index (κ3) is 3.56. The first kappa shape index (κ1) is 14.0. The van der Waals surface area contributed by atoms with E-state index in [9.17, 15) is 0 Å². The summed E-state index contributed by atoms with van der Waals surface area (Å²) in [5.41, 5.74) is 3.00. The minimum atomic E-state index is 0.698. The molecule has 1 atom stereocenters. The quantitative estimate of drug-likeness (QED) is 0.878. The van der Waals surface area contributed by atoms with E-state index in [1.54, 1.807) is 0 Å². The predicted octanol–water partition coefficient (Wildman–Crippen LogP) is 4.35. The fourth-order valence-corrected chi connectivity index (χ4v) is 5.11. The van der Waals surface area contributed by atoms with Gasteiger partial charge in [0.05, 0.1) is 0 Å². The standard InChI is InChI=1S/C16H22BrNS/c17-16-11-12(10-14-2-1-7-18-14)3-4-15(16)13-5-8-19-9-6-13/h3-4,11,13-14,18H,1-2,5-10H2. The maximum absolute atomic E-state index is 3.80. The number of hydrogen-bond donors (Lipinski definition) is 1. The number of hydrogen-bond acceptors (Lipinski definition) is 2. The summed E-state index contributed by atoms with van der Waals surface area (Å²) in [6.45, 7) is 1.20. The van der Waals surface area contributed by atoms with E-state index in [0.717, 1.165) is 5.92 Å². The molecule has 0 radical (unpaired) electrons. The molecule has 0 saturated carbocycles. The first-order valence-electron chi connectivity index (χ1n) is 7.42. The molecule has 2 aliphatic rings. The topological polar surface area (TPSA) is 12.0 Å². The van der Waals surface area contributed by atoms with E-state index in [2.05, 4.69) is 51.2 Å². The van der Waals surface area contributed by atoms with Crippen LogP contribution in [0.4, 0.5) is 0 Å². The van der Waals surface area contributed by atoms with Crippen molar-refractivity contribution in [1.29, 1.82) is 0 Å². The molecular weight excluding hydrogens is 318 g/mol. The van der Waals surface area contributed by atoms with Gasteiger partial charge in [-0.05, 0) is 73.3 Å². The molecular formula is C16H22BrNS. The van der Waals surface area contributed by atoms with Crippen LogP contribution < -0.4 is 5.32 Å². The maximum atomic E-state index is 3.80. The van der Waals surface area contributed by atoms with Crippen molar-refractivity contribution in [3.05, 3.63) is 33.8 Å². The van der Waals surface area contributed by atoms with Crippen LogP contribution in [0.2, 0.25) is 0 Å². The molecule has 1 nitrogen and oxygen atoms in total. The Balaban J connectivity index is 1.69. The Labute approximate surface area is 129 Å². The van der Waals surface area contributed by atoms with E-state index in [0.29, 0.717) is 6.04 Å². The van der Waals surface area contributed by atoms with Crippen LogP contribution in [-0.2, 0) is 6.42 Å². The van der Waals surface area contributed by atoms with Gasteiger partial charge >= 0.3 is 0 Å². The fraction of sp³-hybridized carbons (Fsp3) is 0.625. The molecule has 1 N–H and O–H groups in total. The summed E-state index contributed by atoms with van der Waals surface area (Å²) in [6.07, 6.45) is 6.53. The van der Waals surface area contributed by atoms with Crippen molar-refractivity contribution >= 4 is 27.7 Å². The summed E-state index contributed by atoms with van der Waals surface area (Å²) in [6, 6.07) is 7.78. The first-order valence-corrected chi connectivity index (χ1v) is 9.37. The average Bonchev–Trinajstić information content (AvgIpc) is 2.93. The molecule has 1 unspecified atom stereocenters. The van der Waals surface area contributed by atoms with E-state index in [1.165, 1.54) is 65.8 Å². The molecule has 19 heavy (non-hydrogen) atoms. The van der Waals surface area contributed by atoms with E-state index in [4.69, 9.17) is 0 Å². The van der Waals surface area contributed by atoms with Gasteiger partial charge in [0.15, 0.2) is 0 Å². The van der Waals surface area contributed by atoms with Crippen molar-refractivity contribution in [1.82, 2.24) is 5.32 Å². The molecule has 0 spiro atoms. The Morgan fingerprint density at radius 1 is 1.21 bits per heavy atom. The smallest absolute Gasteiger partial charge is 0.0212 e. The van der Waals surface area contributed by atoms with E-state index < -0.39 is 0 Å². The second-order valence-corrected chi connectivity index (χ2v) is 7.82. The number of benzene rings is 1. The molecule has 3 heteroatoms. The van der Waals surface area contributed by atoms with Gasteiger partial charge < -0.3 is 5.32 Å². The second kappa shape index (κ2) is 6.64. The zero-order valence-corrected chi connectivity index (χ0v) is 13.7. The van der Waals surface area contributed by atoms with Crippen LogP contribution in [0.5, 0.6) is 0 Å². The highest BCUT2D eigenvalue weighted by Crippen LogP contribution is 2.36. The summed E-state index contributed by atoms with van der Waals surface area (Å²) in [5, 5.41) is 3.58. The molecule has 2 aliphatic heterocycles. The first-order chi connectivity index (χ1) is 9.33. The lowest BCUT2D eigenvalue weighted by atomic mass is 9.92. The monoisotopic (exact) mass is 339 g/mol. The SMILES string of the molecule is Brc1cc(CC2CCCN2)ccc1C1CCSCC1.